The third kappa shape index (κ3) is 6.62. The van der Waals surface area contributed by atoms with Crippen LogP contribution in [0.25, 0.3) is 6.08 Å². The van der Waals surface area contributed by atoms with Crippen molar-refractivity contribution in [1.29, 1.82) is 0 Å². The van der Waals surface area contributed by atoms with E-state index < -0.39 is 5.97 Å². The van der Waals surface area contributed by atoms with Crippen molar-refractivity contribution in [3.8, 4) is 11.5 Å². The van der Waals surface area contributed by atoms with E-state index in [1.165, 1.54) is 30.6 Å². The minimum atomic E-state index is -0.634. The number of thiophene rings is 1. The maximum absolute atomic E-state index is 11.8. The molecule has 0 radical (unpaired) electrons. The number of methoxy groups -OCH3 is 1. The highest BCUT2D eigenvalue weighted by atomic mass is 35.5. The van der Waals surface area contributed by atoms with Gasteiger partial charge in [0.25, 0.3) is 5.91 Å². The van der Waals surface area contributed by atoms with Crippen LogP contribution in [0.5, 0.6) is 11.5 Å². The zero-order valence-corrected chi connectivity index (χ0v) is 16.6. The Morgan fingerprint density at radius 3 is 2.81 bits per heavy atom. The van der Waals surface area contributed by atoms with Crippen LogP contribution in [0.1, 0.15) is 17.4 Å². The van der Waals surface area contributed by atoms with Gasteiger partial charge in [-0.05, 0) is 42.1 Å². The van der Waals surface area contributed by atoms with Gasteiger partial charge < -0.3 is 19.5 Å². The quantitative estimate of drug-likeness (QED) is 0.505. The number of carbonyl (C=O) groups is 2. The van der Waals surface area contributed by atoms with Gasteiger partial charge in [0, 0.05) is 11.0 Å². The Balaban J connectivity index is 1.86. The van der Waals surface area contributed by atoms with Crippen molar-refractivity contribution in [2.75, 3.05) is 20.3 Å². The Morgan fingerprint density at radius 1 is 1.33 bits per heavy atom. The summed E-state index contributed by atoms with van der Waals surface area (Å²) < 4.78 is 15.6. The Kier molecular flexibility index (Phi) is 8.16. The summed E-state index contributed by atoms with van der Waals surface area (Å²) in [7, 11) is 1.50. The molecule has 8 heteroatoms. The first kappa shape index (κ1) is 20.8. The number of carbonyl (C=O) groups excluding carboxylic acids is 2. The van der Waals surface area contributed by atoms with Crippen molar-refractivity contribution in [3.05, 3.63) is 51.2 Å². The lowest BCUT2D eigenvalue weighted by Gasteiger charge is -2.11. The van der Waals surface area contributed by atoms with Crippen LogP contribution in [0.15, 0.2) is 35.7 Å². The van der Waals surface area contributed by atoms with Crippen LogP contribution in [0.4, 0.5) is 0 Å². The highest BCUT2D eigenvalue weighted by Crippen LogP contribution is 2.36. The second kappa shape index (κ2) is 10.6. The van der Waals surface area contributed by atoms with Crippen LogP contribution >= 0.6 is 22.9 Å². The van der Waals surface area contributed by atoms with Crippen molar-refractivity contribution in [2.24, 2.45) is 0 Å². The predicted octanol–water partition coefficient (Wildman–Crippen LogP) is 3.68. The number of hydrogen-bond acceptors (Lipinski definition) is 6. The lowest BCUT2D eigenvalue weighted by atomic mass is 10.2. The van der Waals surface area contributed by atoms with Crippen LogP contribution in [0.2, 0.25) is 5.02 Å². The second-order valence-corrected chi connectivity index (χ2v) is 6.70. The van der Waals surface area contributed by atoms with Gasteiger partial charge in [-0.3, -0.25) is 4.79 Å². The molecule has 0 unspecified atom stereocenters. The van der Waals surface area contributed by atoms with Gasteiger partial charge in [0.15, 0.2) is 18.1 Å². The van der Waals surface area contributed by atoms with Gasteiger partial charge >= 0.3 is 5.97 Å². The largest absolute Gasteiger partial charge is 0.493 e. The summed E-state index contributed by atoms with van der Waals surface area (Å²) in [4.78, 5) is 24.5. The van der Waals surface area contributed by atoms with Crippen molar-refractivity contribution < 1.29 is 23.8 Å². The molecule has 1 aromatic heterocycles. The maximum atomic E-state index is 11.8. The van der Waals surface area contributed by atoms with Crippen molar-refractivity contribution in [3.63, 3.8) is 0 Å². The van der Waals surface area contributed by atoms with Gasteiger partial charge in [-0.25, -0.2) is 4.79 Å². The highest BCUT2D eigenvalue weighted by molar-refractivity contribution is 7.09. The molecule has 0 atom stereocenters. The molecular weight excluding hydrogens is 390 g/mol. The van der Waals surface area contributed by atoms with Crippen molar-refractivity contribution in [1.82, 2.24) is 5.32 Å². The van der Waals surface area contributed by atoms with E-state index in [-0.39, 0.29) is 12.5 Å². The van der Waals surface area contributed by atoms with Crippen LogP contribution in [0.3, 0.4) is 0 Å². The fraction of sp³-hybridized carbons (Fsp3) is 0.263. The molecule has 1 aromatic carbocycles. The molecule has 0 saturated carbocycles. The summed E-state index contributed by atoms with van der Waals surface area (Å²) >= 11 is 7.72. The molecule has 0 bridgehead atoms. The average molecular weight is 410 g/mol. The van der Waals surface area contributed by atoms with E-state index in [1.54, 1.807) is 12.1 Å². The molecule has 6 nitrogen and oxygen atoms in total. The Labute approximate surface area is 166 Å². The number of benzene rings is 1. The lowest BCUT2D eigenvalue weighted by Crippen LogP contribution is -2.27. The molecule has 144 valence electrons. The normalized spacial score (nSPS) is 10.6. The smallest absolute Gasteiger partial charge is 0.331 e. The highest BCUT2D eigenvalue weighted by Gasteiger charge is 2.11. The third-order valence-corrected chi connectivity index (χ3v) is 4.49. The molecule has 1 N–H and O–H groups in total. The Bertz CT molecular complexity index is 805. The summed E-state index contributed by atoms with van der Waals surface area (Å²) in [6, 6.07) is 7.15. The first-order valence-electron chi connectivity index (χ1n) is 8.17. The van der Waals surface area contributed by atoms with Gasteiger partial charge in [-0.1, -0.05) is 17.7 Å². The number of amides is 1. The van der Waals surface area contributed by atoms with E-state index in [0.29, 0.717) is 35.2 Å². The fourth-order valence-electron chi connectivity index (χ4n) is 2.12. The number of esters is 1. The van der Waals surface area contributed by atoms with E-state index in [1.807, 2.05) is 24.4 Å². The standard InChI is InChI=1S/C19H20ClNO5S/c1-3-25-19-15(20)9-13(10-16(19)24-2)6-7-18(23)26-12-17(22)21-11-14-5-4-8-27-14/h4-10H,3,11-12H2,1-2H3,(H,21,22)/b7-6+. The monoisotopic (exact) mass is 409 g/mol. The van der Waals surface area contributed by atoms with Crippen LogP contribution < -0.4 is 14.8 Å². The maximum Gasteiger partial charge on any atom is 0.331 e. The molecule has 0 aliphatic carbocycles. The zero-order valence-electron chi connectivity index (χ0n) is 15.0. The number of hydrogen-bond donors (Lipinski definition) is 1. The third-order valence-electron chi connectivity index (χ3n) is 3.34. The number of nitrogens with one attached hydrogen (secondary N) is 1. The molecule has 1 heterocycles. The molecular formula is C19H20ClNO5S. The van der Waals surface area contributed by atoms with E-state index in [0.717, 1.165) is 4.88 Å². The second-order valence-electron chi connectivity index (χ2n) is 5.26. The molecule has 2 aromatic rings. The average Bonchev–Trinajstić information content (AvgIpc) is 3.18. The topological polar surface area (TPSA) is 73.9 Å². The van der Waals surface area contributed by atoms with E-state index in [4.69, 9.17) is 25.8 Å². The fourth-order valence-corrected chi connectivity index (χ4v) is 3.04. The first-order chi connectivity index (χ1) is 13.0. The molecule has 0 aliphatic heterocycles. The van der Waals surface area contributed by atoms with Gasteiger partial charge in [-0.2, -0.15) is 0 Å². The van der Waals surface area contributed by atoms with E-state index in [9.17, 15) is 9.59 Å². The summed E-state index contributed by atoms with van der Waals surface area (Å²) in [6.45, 7) is 2.36. The zero-order chi connectivity index (χ0) is 19.6. The number of halogens is 1. The van der Waals surface area contributed by atoms with Crippen LogP contribution in [-0.4, -0.2) is 32.2 Å². The summed E-state index contributed by atoms with van der Waals surface area (Å²) in [5, 5.41) is 4.97. The number of rotatable bonds is 9. The van der Waals surface area contributed by atoms with Crippen molar-refractivity contribution >= 4 is 40.9 Å². The van der Waals surface area contributed by atoms with Crippen LogP contribution in [0, 0.1) is 0 Å². The lowest BCUT2D eigenvalue weighted by molar-refractivity contribution is -0.143. The van der Waals surface area contributed by atoms with Gasteiger partial charge in [0.2, 0.25) is 0 Å². The first-order valence-corrected chi connectivity index (χ1v) is 9.43. The van der Waals surface area contributed by atoms with E-state index >= 15 is 0 Å². The summed E-state index contributed by atoms with van der Waals surface area (Å²) in [5.41, 5.74) is 0.638. The Hall–Kier alpha value is -2.51. The minimum absolute atomic E-state index is 0.345. The molecule has 0 spiro atoms. The van der Waals surface area contributed by atoms with Gasteiger partial charge in [-0.15, -0.1) is 11.3 Å². The molecule has 0 aliphatic rings. The molecule has 0 fully saturated rings. The summed E-state index contributed by atoms with van der Waals surface area (Å²) in [5.74, 6) is -0.0877. The SMILES string of the molecule is CCOc1c(Cl)cc(/C=C/C(=O)OCC(=O)NCc2cccs2)cc1OC. The van der Waals surface area contributed by atoms with Gasteiger partial charge in [0.05, 0.1) is 25.3 Å². The Morgan fingerprint density at radius 2 is 2.15 bits per heavy atom. The summed E-state index contributed by atoms with van der Waals surface area (Å²) in [6.07, 6.45) is 2.74. The van der Waals surface area contributed by atoms with E-state index in [2.05, 4.69) is 5.32 Å². The van der Waals surface area contributed by atoms with Gasteiger partial charge in [0.1, 0.15) is 0 Å². The van der Waals surface area contributed by atoms with Crippen molar-refractivity contribution in [2.45, 2.75) is 13.5 Å². The molecule has 27 heavy (non-hydrogen) atoms. The number of ether oxygens (including phenoxy) is 3. The van der Waals surface area contributed by atoms with Crippen LogP contribution in [-0.2, 0) is 20.9 Å². The molecule has 0 saturated heterocycles. The minimum Gasteiger partial charge on any atom is -0.493 e. The predicted molar refractivity (Wildman–Crippen MR) is 105 cm³/mol. The molecule has 2 rings (SSSR count). The molecule has 1 amide bonds.